The number of alkyl halides is 3. The lowest BCUT2D eigenvalue weighted by Gasteiger charge is -2.69. The van der Waals surface area contributed by atoms with Crippen LogP contribution in [0.2, 0.25) is 0 Å². The van der Waals surface area contributed by atoms with Gasteiger partial charge in [0.2, 0.25) is 11.3 Å². The van der Waals surface area contributed by atoms with Crippen molar-refractivity contribution < 1.29 is 21.9 Å². The van der Waals surface area contributed by atoms with E-state index in [2.05, 4.69) is 15.4 Å². The Morgan fingerprint density at radius 1 is 1.38 bits per heavy atom. The molecule has 1 heterocycles. The molecule has 2 bridgehead atoms. The predicted octanol–water partition coefficient (Wildman–Crippen LogP) is 1.33. The van der Waals surface area contributed by atoms with Crippen molar-refractivity contribution in [2.45, 2.75) is 62.8 Å². The molecule has 4 rings (SSSR count). The molecule has 0 aromatic rings. The smallest absolute Gasteiger partial charge is 0.366 e. The van der Waals surface area contributed by atoms with Gasteiger partial charge in [0, 0.05) is 24.0 Å². The molecule has 0 radical (unpaired) electrons. The summed E-state index contributed by atoms with van der Waals surface area (Å²) in [7, 11) is 0. The van der Waals surface area contributed by atoms with E-state index in [0.717, 1.165) is 25.1 Å². The summed E-state index contributed by atoms with van der Waals surface area (Å²) in [6.45, 7) is 4.25. The van der Waals surface area contributed by atoms with E-state index in [1.165, 1.54) is 0 Å². The maximum absolute atomic E-state index is 12.2. The zero-order valence-electron chi connectivity index (χ0n) is 13.7. The molecule has 0 amide bonds. The van der Waals surface area contributed by atoms with Gasteiger partial charge in [-0.1, -0.05) is 0 Å². The summed E-state index contributed by atoms with van der Waals surface area (Å²) in [6.07, 6.45) is -2.70. The van der Waals surface area contributed by atoms with Gasteiger partial charge in [0.1, 0.15) is 5.84 Å². The summed E-state index contributed by atoms with van der Waals surface area (Å²) in [5, 5.41) is 6.25. The van der Waals surface area contributed by atoms with Crippen LogP contribution in [0.5, 0.6) is 0 Å². The molecule has 2 atom stereocenters. The highest BCUT2D eigenvalue weighted by Crippen LogP contribution is 2.68. The van der Waals surface area contributed by atoms with Gasteiger partial charge < -0.3 is 10.6 Å². The number of nitrogens with zero attached hydrogens (tertiary/aromatic N) is 1. The van der Waals surface area contributed by atoms with Gasteiger partial charge in [0.05, 0.1) is 18.0 Å². The lowest BCUT2D eigenvalue weighted by Crippen LogP contribution is -2.77. The average molecular weight is 368 g/mol. The SMILES string of the molecule is CC1(C)NC(C23CC(NS(=O)O)(C2)C3)=N[C@H]1CNCCC(F)(F)F. The summed E-state index contributed by atoms with van der Waals surface area (Å²) < 4.78 is 59.1. The van der Waals surface area contributed by atoms with Crippen molar-refractivity contribution in [1.29, 1.82) is 0 Å². The van der Waals surface area contributed by atoms with Crippen molar-refractivity contribution in [3.8, 4) is 0 Å². The summed E-state index contributed by atoms with van der Waals surface area (Å²) >= 11 is -2.01. The standard InChI is InChI=1S/C14H23F3N4O2S/c1-11(2)9(5-18-4-3-14(15,16)17)19-10(20-11)12-6-13(7-12,8-12)21-24(22)23/h9,18,21H,3-8H2,1-2H3,(H,19,20)(H,22,23)/t9-,12?,13?/m0/s1. The molecule has 3 saturated carbocycles. The lowest BCUT2D eigenvalue weighted by molar-refractivity contribution is -0.133. The second kappa shape index (κ2) is 5.65. The van der Waals surface area contributed by atoms with Crippen LogP contribution in [0.1, 0.15) is 39.5 Å². The number of amidine groups is 1. The average Bonchev–Trinajstić information content (AvgIpc) is 2.61. The van der Waals surface area contributed by atoms with Gasteiger partial charge >= 0.3 is 6.18 Å². The Morgan fingerprint density at radius 3 is 2.54 bits per heavy atom. The third kappa shape index (κ3) is 3.33. The van der Waals surface area contributed by atoms with Crippen molar-refractivity contribution in [2.75, 3.05) is 13.1 Å². The van der Waals surface area contributed by atoms with Crippen LogP contribution in [0.3, 0.4) is 0 Å². The minimum Gasteiger partial charge on any atom is -0.366 e. The Hall–Kier alpha value is -0.710. The zero-order valence-corrected chi connectivity index (χ0v) is 14.5. The van der Waals surface area contributed by atoms with Crippen molar-refractivity contribution in [1.82, 2.24) is 15.4 Å². The van der Waals surface area contributed by atoms with E-state index in [1.54, 1.807) is 0 Å². The van der Waals surface area contributed by atoms with Crippen LogP contribution in [-0.2, 0) is 11.3 Å². The Labute approximate surface area is 141 Å². The molecule has 1 unspecified atom stereocenters. The molecule has 3 fully saturated rings. The highest BCUT2D eigenvalue weighted by atomic mass is 32.2. The first-order valence-electron chi connectivity index (χ1n) is 7.98. The first-order chi connectivity index (χ1) is 11.0. The Morgan fingerprint density at radius 2 is 2.00 bits per heavy atom. The number of aliphatic imine (C=N–C) groups is 1. The number of halogens is 3. The van der Waals surface area contributed by atoms with E-state index >= 15 is 0 Å². The van der Waals surface area contributed by atoms with Gasteiger partial charge in [0.15, 0.2) is 0 Å². The highest BCUT2D eigenvalue weighted by Gasteiger charge is 2.71. The third-order valence-electron chi connectivity index (χ3n) is 5.32. The van der Waals surface area contributed by atoms with Crippen molar-refractivity contribution in [3.05, 3.63) is 0 Å². The summed E-state index contributed by atoms with van der Waals surface area (Å²) in [5.74, 6) is 0.891. The fourth-order valence-corrected chi connectivity index (χ4v) is 4.70. The minimum atomic E-state index is -4.15. The molecule has 4 aliphatic rings. The first kappa shape index (κ1) is 18.1. The summed E-state index contributed by atoms with van der Waals surface area (Å²) in [5.41, 5.74) is -0.641. The second-order valence-corrected chi connectivity index (χ2v) is 8.55. The number of nitrogens with one attached hydrogen (secondary N) is 3. The molecule has 0 aromatic carbocycles. The Kier molecular flexibility index (Phi) is 4.26. The zero-order chi connectivity index (χ0) is 17.8. The molecule has 1 aliphatic heterocycles. The van der Waals surface area contributed by atoms with Crippen LogP contribution in [-0.4, -0.2) is 51.0 Å². The quantitative estimate of drug-likeness (QED) is 0.403. The van der Waals surface area contributed by atoms with Gasteiger partial charge in [0.25, 0.3) is 0 Å². The van der Waals surface area contributed by atoms with Crippen molar-refractivity contribution in [3.63, 3.8) is 0 Å². The maximum Gasteiger partial charge on any atom is 0.390 e. The Balaban J connectivity index is 1.53. The number of hydrogen-bond donors (Lipinski definition) is 4. The van der Waals surface area contributed by atoms with Crippen LogP contribution in [0.25, 0.3) is 0 Å². The van der Waals surface area contributed by atoms with Gasteiger partial charge in [-0.15, -0.1) is 0 Å². The Bertz CT molecular complexity index is 559. The fraction of sp³-hybridized carbons (Fsp3) is 0.929. The molecule has 0 saturated heterocycles. The molecule has 6 nitrogen and oxygen atoms in total. The van der Waals surface area contributed by atoms with E-state index in [1.807, 2.05) is 13.8 Å². The van der Waals surface area contributed by atoms with E-state index in [-0.39, 0.29) is 29.1 Å². The van der Waals surface area contributed by atoms with E-state index in [9.17, 15) is 17.4 Å². The minimum absolute atomic E-state index is 0.0651. The summed E-state index contributed by atoms with van der Waals surface area (Å²) in [4.78, 5) is 4.71. The van der Waals surface area contributed by atoms with E-state index in [0.29, 0.717) is 6.54 Å². The van der Waals surface area contributed by atoms with Gasteiger partial charge in [-0.25, -0.2) is 8.93 Å². The lowest BCUT2D eigenvalue weighted by atomic mass is 9.39. The molecule has 138 valence electrons. The van der Waals surface area contributed by atoms with Crippen LogP contribution < -0.4 is 15.4 Å². The molecular weight excluding hydrogens is 345 g/mol. The van der Waals surface area contributed by atoms with Crippen LogP contribution in [0.15, 0.2) is 4.99 Å². The predicted molar refractivity (Wildman–Crippen MR) is 84.9 cm³/mol. The molecule has 10 heteroatoms. The van der Waals surface area contributed by atoms with Crippen LogP contribution >= 0.6 is 0 Å². The van der Waals surface area contributed by atoms with E-state index < -0.39 is 23.9 Å². The normalized spacial score (nSPS) is 37.9. The molecule has 3 aliphatic carbocycles. The molecule has 0 aromatic heterocycles. The molecule has 4 N–H and O–H groups in total. The molecule has 0 spiro atoms. The van der Waals surface area contributed by atoms with E-state index in [4.69, 9.17) is 9.55 Å². The first-order valence-corrected chi connectivity index (χ1v) is 9.09. The second-order valence-electron chi connectivity index (χ2n) is 7.85. The largest absolute Gasteiger partial charge is 0.390 e. The fourth-order valence-electron chi connectivity index (χ4n) is 4.11. The maximum atomic E-state index is 12.2. The number of rotatable bonds is 7. The van der Waals surface area contributed by atoms with Crippen LogP contribution in [0.4, 0.5) is 13.2 Å². The van der Waals surface area contributed by atoms with Gasteiger partial charge in [-0.05, 0) is 33.1 Å². The van der Waals surface area contributed by atoms with Crippen molar-refractivity contribution in [2.24, 2.45) is 10.4 Å². The topological polar surface area (TPSA) is 85.8 Å². The highest BCUT2D eigenvalue weighted by molar-refractivity contribution is 7.77. The van der Waals surface area contributed by atoms with Crippen LogP contribution in [0, 0.1) is 5.41 Å². The number of hydrogen-bond acceptors (Lipinski definition) is 4. The van der Waals surface area contributed by atoms with Crippen molar-refractivity contribution >= 4 is 17.1 Å². The monoisotopic (exact) mass is 368 g/mol. The van der Waals surface area contributed by atoms with Gasteiger partial charge in [-0.2, -0.15) is 13.2 Å². The summed E-state index contributed by atoms with van der Waals surface area (Å²) in [6, 6.07) is -0.134. The molecular formula is C14H23F3N4O2S. The molecule has 24 heavy (non-hydrogen) atoms. The van der Waals surface area contributed by atoms with Gasteiger partial charge in [-0.3, -0.25) is 9.55 Å². The third-order valence-corrected chi connectivity index (χ3v) is 5.93.